The maximum atomic E-state index is 12.0. The molecule has 1 rings (SSSR count). The number of carbonyl (C=O) groups excluding carboxylic acids is 2. The maximum Gasteiger partial charge on any atom is 0.408 e. The quantitative estimate of drug-likeness (QED) is 0.762. The summed E-state index contributed by atoms with van der Waals surface area (Å²) in [5.41, 5.74) is -0.0856. The molecule has 1 aliphatic rings. The fourth-order valence-corrected chi connectivity index (χ4v) is 2.08. The molecule has 0 aromatic carbocycles. The Morgan fingerprint density at radius 2 is 2.05 bits per heavy atom. The average molecular weight is 269 g/mol. The van der Waals surface area contributed by atoms with Gasteiger partial charge in [-0.3, -0.25) is 4.79 Å². The molecule has 0 aromatic rings. The third-order valence-electron chi connectivity index (χ3n) is 2.86. The number of likely N-dealkylation sites (tertiary alicyclic amines) is 1. The van der Waals surface area contributed by atoms with E-state index in [0.717, 1.165) is 12.8 Å². The van der Waals surface area contributed by atoms with Crippen molar-refractivity contribution in [1.29, 1.82) is 5.41 Å². The van der Waals surface area contributed by atoms with Crippen LogP contribution in [0.1, 0.15) is 40.5 Å². The number of nitrogens with zero attached hydrogens (tertiary/aromatic N) is 1. The summed E-state index contributed by atoms with van der Waals surface area (Å²) in [7, 11) is 0. The molecule has 108 valence electrons. The average Bonchev–Trinajstić information content (AvgIpc) is 2.72. The van der Waals surface area contributed by atoms with E-state index < -0.39 is 11.7 Å². The number of amides is 2. The zero-order chi connectivity index (χ0) is 14.6. The molecule has 0 aliphatic carbocycles. The fraction of sp³-hybridized carbons (Fsp3) is 0.769. The Hall–Kier alpha value is -1.59. The van der Waals surface area contributed by atoms with E-state index in [0.29, 0.717) is 12.3 Å². The molecule has 2 amide bonds. The first-order valence-electron chi connectivity index (χ1n) is 6.52. The lowest BCUT2D eigenvalue weighted by atomic mass is 10.1. The molecular formula is C13H23N3O3. The minimum atomic E-state index is -0.594. The number of hydrogen-bond acceptors (Lipinski definition) is 4. The molecule has 0 aromatic heterocycles. The summed E-state index contributed by atoms with van der Waals surface area (Å²) >= 11 is 0. The fourth-order valence-electron chi connectivity index (χ4n) is 2.08. The van der Waals surface area contributed by atoms with Gasteiger partial charge in [0, 0.05) is 12.3 Å². The van der Waals surface area contributed by atoms with Crippen LogP contribution in [0.3, 0.4) is 0 Å². The Kier molecular flexibility index (Phi) is 4.91. The minimum absolute atomic E-state index is 0.0846. The number of carbonyl (C=O) groups is 2. The van der Waals surface area contributed by atoms with Gasteiger partial charge in [-0.05, 0) is 40.5 Å². The second-order valence-corrected chi connectivity index (χ2v) is 5.78. The Balaban J connectivity index is 2.43. The standard InChI is InChI=1S/C13H23N3O3/c1-9(14)10-6-5-7-16(10)11(17)8-15-12(18)19-13(2,3)4/h10,14H,5-8H2,1-4H3,(H,15,18)/t10-/m0/s1. The molecule has 1 heterocycles. The van der Waals surface area contributed by atoms with Crippen molar-refractivity contribution in [3.05, 3.63) is 0 Å². The molecule has 1 atom stereocenters. The highest BCUT2D eigenvalue weighted by Crippen LogP contribution is 2.18. The number of hydrogen-bond donors (Lipinski definition) is 2. The normalized spacial score (nSPS) is 19.2. The van der Waals surface area contributed by atoms with Gasteiger partial charge in [-0.1, -0.05) is 0 Å². The van der Waals surface area contributed by atoms with E-state index in [1.807, 2.05) is 0 Å². The van der Waals surface area contributed by atoms with Crippen LogP contribution in [-0.2, 0) is 9.53 Å². The summed E-state index contributed by atoms with van der Waals surface area (Å²) < 4.78 is 5.06. The van der Waals surface area contributed by atoms with Crippen molar-refractivity contribution in [3.8, 4) is 0 Å². The number of ether oxygens (including phenoxy) is 1. The molecule has 0 unspecified atom stereocenters. The molecule has 1 aliphatic heterocycles. The Labute approximate surface area is 114 Å². The van der Waals surface area contributed by atoms with Crippen molar-refractivity contribution < 1.29 is 14.3 Å². The highest BCUT2D eigenvalue weighted by atomic mass is 16.6. The van der Waals surface area contributed by atoms with E-state index in [-0.39, 0.29) is 18.5 Å². The molecule has 0 saturated carbocycles. The van der Waals surface area contributed by atoms with Gasteiger partial charge >= 0.3 is 6.09 Å². The van der Waals surface area contributed by atoms with Crippen molar-refractivity contribution in [3.63, 3.8) is 0 Å². The van der Waals surface area contributed by atoms with E-state index in [1.54, 1.807) is 32.6 Å². The maximum absolute atomic E-state index is 12.0. The van der Waals surface area contributed by atoms with Crippen LogP contribution in [0.15, 0.2) is 0 Å². The molecule has 0 spiro atoms. The van der Waals surface area contributed by atoms with Gasteiger partial charge in [0.25, 0.3) is 0 Å². The van der Waals surface area contributed by atoms with Crippen molar-refractivity contribution >= 4 is 17.7 Å². The summed E-state index contributed by atoms with van der Waals surface area (Å²) in [5.74, 6) is -0.167. The van der Waals surface area contributed by atoms with E-state index in [1.165, 1.54) is 0 Å². The van der Waals surface area contributed by atoms with Crippen LogP contribution in [0, 0.1) is 5.41 Å². The molecule has 6 nitrogen and oxygen atoms in total. The lowest BCUT2D eigenvalue weighted by Gasteiger charge is -2.25. The summed E-state index contributed by atoms with van der Waals surface area (Å²) in [5, 5.41) is 10.1. The predicted molar refractivity (Wildman–Crippen MR) is 72.4 cm³/mol. The van der Waals surface area contributed by atoms with Gasteiger partial charge in [0.15, 0.2) is 0 Å². The number of alkyl carbamates (subject to hydrolysis) is 1. The van der Waals surface area contributed by atoms with E-state index in [4.69, 9.17) is 10.1 Å². The van der Waals surface area contributed by atoms with Crippen molar-refractivity contribution in [1.82, 2.24) is 10.2 Å². The second-order valence-electron chi connectivity index (χ2n) is 5.78. The van der Waals surface area contributed by atoms with Crippen LogP contribution in [0.4, 0.5) is 4.79 Å². The third-order valence-corrected chi connectivity index (χ3v) is 2.86. The van der Waals surface area contributed by atoms with Crippen LogP contribution in [0.5, 0.6) is 0 Å². The van der Waals surface area contributed by atoms with Gasteiger partial charge < -0.3 is 20.4 Å². The van der Waals surface area contributed by atoms with Crippen molar-refractivity contribution in [2.24, 2.45) is 0 Å². The number of rotatable bonds is 3. The summed E-state index contributed by atoms with van der Waals surface area (Å²) in [6.07, 6.45) is 1.13. The first-order chi connectivity index (χ1) is 8.70. The van der Waals surface area contributed by atoms with Gasteiger partial charge in [-0.25, -0.2) is 4.79 Å². The van der Waals surface area contributed by atoms with Gasteiger partial charge in [-0.2, -0.15) is 0 Å². The molecule has 6 heteroatoms. The van der Waals surface area contributed by atoms with E-state index in [9.17, 15) is 9.59 Å². The van der Waals surface area contributed by atoms with Crippen LogP contribution in [0.2, 0.25) is 0 Å². The molecule has 19 heavy (non-hydrogen) atoms. The largest absolute Gasteiger partial charge is 0.444 e. The predicted octanol–water partition coefficient (Wildman–Crippen LogP) is 1.54. The van der Waals surface area contributed by atoms with Crippen LogP contribution >= 0.6 is 0 Å². The third kappa shape index (κ3) is 4.89. The summed E-state index contributed by atoms with van der Waals surface area (Å²) in [4.78, 5) is 25.1. The first-order valence-corrected chi connectivity index (χ1v) is 6.52. The van der Waals surface area contributed by atoms with Gasteiger partial charge in [0.05, 0.1) is 6.04 Å². The highest BCUT2D eigenvalue weighted by molar-refractivity contribution is 5.91. The minimum Gasteiger partial charge on any atom is -0.444 e. The van der Waals surface area contributed by atoms with Crippen LogP contribution < -0.4 is 5.32 Å². The van der Waals surface area contributed by atoms with Crippen molar-refractivity contribution in [2.45, 2.75) is 52.2 Å². The smallest absolute Gasteiger partial charge is 0.408 e. The molecular weight excluding hydrogens is 246 g/mol. The van der Waals surface area contributed by atoms with Crippen LogP contribution in [0.25, 0.3) is 0 Å². The molecule has 0 bridgehead atoms. The second kappa shape index (κ2) is 6.04. The van der Waals surface area contributed by atoms with Crippen LogP contribution in [-0.4, -0.2) is 47.3 Å². The molecule has 0 radical (unpaired) electrons. The van der Waals surface area contributed by atoms with E-state index in [2.05, 4.69) is 5.32 Å². The van der Waals surface area contributed by atoms with Gasteiger partial charge in [0.2, 0.25) is 5.91 Å². The van der Waals surface area contributed by atoms with Gasteiger partial charge in [0.1, 0.15) is 12.1 Å². The van der Waals surface area contributed by atoms with Gasteiger partial charge in [-0.15, -0.1) is 0 Å². The number of nitrogens with one attached hydrogen (secondary N) is 2. The Morgan fingerprint density at radius 3 is 2.58 bits per heavy atom. The Morgan fingerprint density at radius 1 is 1.42 bits per heavy atom. The summed E-state index contributed by atoms with van der Waals surface area (Å²) in [6.45, 7) is 7.57. The Bertz CT molecular complexity index is 374. The monoisotopic (exact) mass is 269 g/mol. The van der Waals surface area contributed by atoms with E-state index >= 15 is 0 Å². The SMILES string of the molecule is CC(=N)[C@@H]1CCCN1C(=O)CNC(=O)OC(C)(C)C. The zero-order valence-corrected chi connectivity index (χ0v) is 12.1. The lowest BCUT2D eigenvalue weighted by Crippen LogP contribution is -2.45. The molecule has 2 N–H and O–H groups in total. The van der Waals surface area contributed by atoms with Crippen molar-refractivity contribution in [2.75, 3.05) is 13.1 Å². The first kappa shape index (κ1) is 15.5. The molecule has 1 saturated heterocycles. The molecule has 1 fully saturated rings. The highest BCUT2D eigenvalue weighted by Gasteiger charge is 2.30. The zero-order valence-electron chi connectivity index (χ0n) is 12.1. The topological polar surface area (TPSA) is 82.5 Å². The lowest BCUT2D eigenvalue weighted by molar-refractivity contribution is -0.130. The summed E-state index contributed by atoms with van der Waals surface area (Å²) in [6, 6.07) is -0.118.